The van der Waals surface area contributed by atoms with Gasteiger partial charge in [0.1, 0.15) is 0 Å². The summed E-state index contributed by atoms with van der Waals surface area (Å²) in [4.78, 5) is 2.22. The van der Waals surface area contributed by atoms with Gasteiger partial charge in [-0.05, 0) is 26.3 Å². The molecule has 3 unspecified atom stereocenters. The van der Waals surface area contributed by atoms with Crippen LogP contribution in [0.5, 0.6) is 0 Å². The van der Waals surface area contributed by atoms with Gasteiger partial charge < -0.3 is 10.0 Å². The topological polar surface area (TPSA) is 23.5 Å². The average molecular weight is 143 g/mol. The van der Waals surface area contributed by atoms with E-state index in [-0.39, 0.29) is 6.10 Å². The maximum atomic E-state index is 9.48. The number of rotatable bonds is 0. The third-order valence-electron chi connectivity index (χ3n) is 2.50. The third-order valence-corrected chi connectivity index (χ3v) is 2.50. The molecule has 0 aromatic rings. The fraction of sp³-hybridized carbons (Fsp3) is 1.00. The van der Waals surface area contributed by atoms with Gasteiger partial charge in [-0.3, -0.25) is 0 Å². The van der Waals surface area contributed by atoms with Gasteiger partial charge >= 0.3 is 0 Å². The molecule has 1 N–H and O–H groups in total. The normalized spacial score (nSPS) is 43.8. The lowest BCUT2D eigenvalue weighted by Crippen LogP contribution is -2.47. The van der Waals surface area contributed by atoms with Gasteiger partial charge in [0.2, 0.25) is 0 Å². The molecule has 10 heavy (non-hydrogen) atoms. The van der Waals surface area contributed by atoms with E-state index in [0.717, 1.165) is 13.0 Å². The molecule has 2 nitrogen and oxygen atoms in total. The van der Waals surface area contributed by atoms with Gasteiger partial charge in [-0.15, -0.1) is 0 Å². The van der Waals surface area contributed by atoms with Crippen molar-refractivity contribution in [2.45, 2.75) is 32.4 Å². The van der Waals surface area contributed by atoms with Crippen molar-refractivity contribution < 1.29 is 5.11 Å². The van der Waals surface area contributed by atoms with Crippen molar-refractivity contribution >= 4 is 0 Å². The number of aliphatic hydroxyl groups excluding tert-OH is 1. The first kappa shape index (κ1) is 8.02. The Balaban J connectivity index is 2.49. The van der Waals surface area contributed by atoms with E-state index in [9.17, 15) is 5.11 Å². The average Bonchev–Trinajstić information content (AvgIpc) is 1.82. The van der Waals surface area contributed by atoms with Crippen LogP contribution in [-0.2, 0) is 0 Å². The molecule has 3 atom stereocenters. The molecule has 0 amide bonds. The molecule has 60 valence electrons. The second-order valence-corrected chi connectivity index (χ2v) is 3.59. The first-order chi connectivity index (χ1) is 4.61. The van der Waals surface area contributed by atoms with Crippen LogP contribution in [0.3, 0.4) is 0 Å². The Bertz CT molecular complexity index is 104. The van der Waals surface area contributed by atoms with E-state index in [0.29, 0.717) is 12.0 Å². The van der Waals surface area contributed by atoms with E-state index in [2.05, 4.69) is 25.8 Å². The lowest BCUT2D eigenvalue weighted by atomic mass is 9.93. The van der Waals surface area contributed by atoms with Crippen LogP contribution in [0, 0.1) is 5.92 Å². The van der Waals surface area contributed by atoms with Gasteiger partial charge in [-0.2, -0.15) is 0 Å². The molecule has 1 fully saturated rings. The summed E-state index contributed by atoms with van der Waals surface area (Å²) in [5.74, 6) is 0.649. The Kier molecular flexibility index (Phi) is 2.32. The molecule has 0 saturated carbocycles. The van der Waals surface area contributed by atoms with Crippen LogP contribution in [0.25, 0.3) is 0 Å². The minimum absolute atomic E-state index is 0.117. The highest BCUT2D eigenvalue weighted by Crippen LogP contribution is 2.19. The molecule has 1 heterocycles. The van der Waals surface area contributed by atoms with Gasteiger partial charge in [0, 0.05) is 12.6 Å². The van der Waals surface area contributed by atoms with Crippen LogP contribution in [0.4, 0.5) is 0 Å². The van der Waals surface area contributed by atoms with Crippen molar-refractivity contribution in [3.63, 3.8) is 0 Å². The summed E-state index contributed by atoms with van der Waals surface area (Å²) in [6, 6.07) is 0.344. The summed E-state index contributed by atoms with van der Waals surface area (Å²) in [7, 11) is 2.07. The lowest BCUT2D eigenvalue weighted by Gasteiger charge is -2.37. The molecule has 1 aliphatic rings. The van der Waals surface area contributed by atoms with E-state index in [1.807, 2.05) is 0 Å². The van der Waals surface area contributed by atoms with Gasteiger partial charge in [-0.25, -0.2) is 0 Å². The standard InChI is InChI=1S/C8H17NO/c1-6-4-8(10)7(2)9(3)5-6/h6-8,10H,4-5H2,1-3H3. The maximum absolute atomic E-state index is 9.48. The Labute approximate surface area is 62.8 Å². The molecule has 0 aliphatic carbocycles. The summed E-state index contributed by atoms with van der Waals surface area (Å²) in [6.07, 6.45) is 0.847. The van der Waals surface area contributed by atoms with Gasteiger partial charge in [-0.1, -0.05) is 6.92 Å². The van der Waals surface area contributed by atoms with Crippen LogP contribution in [0.15, 0.2) is 0 Å². The Morgan fingerprint density at radius 1 is 1.40 bits per heavy atom. The van der Waals surface area contributed by atoms with E-state index < -0.39 is 0 Å². The molecule has 1 saturated heterocycles. The molecule has 0 aromatic carbocycles. The highest BCUT2D eigenvalue weighted by molar-refractivity contribution is 4.81. The number of likely N-dealkylation sites (tertiary alicyclic amines) is 1. The van der Waals surface area contributed by atoms with E-state index in [4.69, 9.17) is 0 Å². The molecule has 1 aliphatic heterocycles. The van der Waals surface area contributed by atoms with Crippen LogP contribution >= 0.6 is 0 Å². The zero-order valence-corrected chi connectivity index (χ0v) is 7.04. The van der Waals surface area contributed by atoms with Crippen molar-refractivity contribution in [2.75, 3.05) is 13.6 Å². The molecular weight excluding hydrogens is 126 g/mol. The van der Waals surface area contributed by atoms with Gasteiger partial charge in [0.05, 0.1) is 6.10 Å². The van der Waals surface area contributed by atoms with Crippen molar-refractivity contribution in [1.29, 1.82) is 0 Å². The second-order valence-electron chi connectivity index (χ2n) is 3.59. The van der Waals surface area contributed by atoms with Crippen LogP contribution in [-0.4, -0.2) is 35.7 Å². The highest BCUT2D eigenvalue weighted by Gasteiger charge is 2.27. The minimum atomic E-state index is -0.117. The monoisotopic (exact) mass is 143 g/mol. The summed E-state index contributed by atoms with van der Waals surface area (Å²) in [6.45, 7) is 5.39. The number of hydrogen-bond donors (Lipinski definition) is 1. The number of hydrogen-bond acceptors (Lipinski definition) is 2. The fourth-order valence-electron chi connectivity index (χ4n) is 1.64. The Hall–Kier alpha value is -0.0800. The predicted molar refractivity (Wildman–Crippen MR) is 41.9 cm³/mol. The summed E-state index contributed by atoms with van der Waals surface area (Å²) < 4.78 is 0. The van der Waals surface area contributed by atoms with Gasteiger partial charge in [0.25, 0.3) is 0 Å². The smallest absolute Gasteiger partial charge is 0.0695 e. The van der Waals surface area contributed by atoms with E-state index in [1.165, 1.54) is 0 Å². The zero-order valence-electron chi connectivity index (χ0n) is 7.04. The molecular formula is C8H17NO. The van der Waals surface area contributed by atoms with Gasteiger partial charge in [0.15, 0.2) is 0 Å². The van der Waals surface area contributed by atoms with Crippen LogP contribution in [0.2, 0.25) is 0 Å². The number of aliphatic hydroxyl groups is 1. The molecule has 0 aromatic heterocycles. The first-order valence-corrected chi connectivity index (χ1v) is 3.99. The summed E-state index contributed by atoms with van der Waals surface area (Å²) >= 11 is 0. The van der Waals surface area contributed by atoms with E-state index in [1.54, 1.807) is 0 Å². The zero-order chi connectivity index (χ0) is 7.72. The Morgan fingerprint density at radius 3 is 2.50 bits per heavy atom. The summed E-state index contributed by atoms with van der Waals surface area (Å²) in [5, 5.41) is 9.48. The summed E-state index contributed by atoms with van der Waals surface area (Å²) in [5.41, 5.74) is 0. The molecule has 0 spiro atoms. The number of nitrogens with zero attached hydrogens (tertiary/aromatic N) is 1. The molecule has 0 radical (unpaired) electrons. The lowest BCUT2D eigenvalue weighted by molar-refractivity contribution is 0.0111. The van der Waals surface area contributed by atoms with Crippen molar-refractivity contribution in [1.82, 2.24) is 4.90 Å². The second kappa shape index (κ2) is 2.89. The van der Waals surface area contributed by atoms with E-state index >= 15 is 0 Å². The minimum Gasteiger partial charge on any atom is -0.391 e. The quantitative estimate of drug-likeness (QED) is 0.540. The molecule has 0 bridgehead atoms. The first-order valence-electron chi connectivity index (χ1n) is 3.99. The van der Waals surface area contributed by atoms with Crippen LogP contribution < -0.4 is 0 Å². The highest BCUT2D eigenvalue weighted by atomic mass is 16.3. The molecule has 2 heteroatoms. The van der Waals surface area contributed by atoms with Crippen molar-refractivity contribution in [2.24, 2.45) is 5.92 Å². The predicted octanol–water partition coefficient (Wildman–Crippen LogP) is 0.707. The molecule has 1 rings (SSSR count). The fourth-order valence-corrected chi connectivity index (χ4v) is 1.64. The maximum Gasteiger partial charge on any atom is 0.0695 e. The number of likely N-dealkylation sites (N-methyl/N-ethyl adjacent to an activating group) is 1. The largest absolute Gasteiger partial charge is 0.391 e. The third kappa shape index (κ3) is 1.50. The number of piperidine rings is 1. The Morgan fingerprint density at radius 2 is 2.00 bits per heavy atom. The van der Waals surface area contributed by atoms with Crippen molar-refractivity contribution in [3.05, 3.63) is 0 Å². The SMILES string of the molecule is CC1CC(O)C(C)N(C)C1. The van der Waals surface area contributed by atoms with Crippen LogP contribution in [0.1, 0.15) is 20.3 Å². The van der Waals surface area contributed by atoms with Crippen molar-refractivity contribution in [3.8, 4) is 0 Å².